The molecule has 0 aliphatic rings. The third-order valence-corrected chi connectivity index (χ3v) is 3.02. The fraction of sp³-hybridized carbons (Fsp3) is 0.231. The molecule has 0 heterocycles. The molecule has 0 aliphatic heterocycles. The van der Waals surface area contributed by atoms with E-state index in [9.17, 15) is 0 Å². The third-order valence-electron chi connectivity index (χ3n) is 2.43. The summed E-state index contributed by atoms with van der Waals surface area (Å²) in [5.74, 6) is 0. The van der Waals surface area contributed by atoms with Crippen molar-refractivity contribution in [2.24, 2.45) is 10.2 Å². The van der Waals surface area contributed by atoms with Gasteiger partial charge in [0.25, 0.3) is 0 Å². The van der Waals surface area contributed by atoms with Crippen molar-refractivity contribution < 1.29 is 0 Å². The standard InChI is InChI=1S/C13H18N6S2/c1-9-4-6-10(7-5-9)11(17-19-13(21)15-3)8-16-18-12(20)14-2/h4-8H,1-3H3,(H2,14,18,20)(H2,15,19,21)/b16-8+,17-11-. The molecule has 6 nitrogen and oxygen atoms in total. The number of nitrogens with one attached hydrogen (secondary N) is 4. The first kappa shape index (κ1) is 17.0. The van der Waals surface area contributed by atoms with Crippen LogP contribution in [0.1, 0.15) is 11.1 Å². The van der Waals surface area contributed by atoms with E-state index in [1.807, 2.05) is 31.2 Å². The molecule has 0 bridgehead atoms. The van der Waals surface area contributed by atoms with E-state index in [4.69, 9.17) is 24.4 Å². The Bertz CT molecular complexity index is 550. The Hall–Kier alpha value is -2.06. The van der Waals surface area contributed by atoms with E-state index in [0.29, 0.717) is 15.9 Å². The minimum atomic E-state index is 0.423. The zero-order chi connectivity index (χ0) is 15.7. The van der Waals surface area contributed by atoms with Gasteiger partial charge in [-0.1, -0.05) is 29.8 Å². The Balaban J connectivity index is 2.91. The van der Waals surface area contributed by atoms with Crippen molar-refractivity contribution in [2.45, 2.75) is 6.92 Å². The van der Waals surface area contributed by atoms with Crippen LogP contribution < -0.4 is 21.5 Å². The normalized spacial score (nSPS) is 11.1. The molecule has 112 valence electrons. The lowest BCUT2D eigenvalue weighted by molar-refractivity contribution is 0.972. The highest BCUT2D eigenvalue weighted by atomic mass is 32.1. The number of benzene rings is 1. The minimum absolute atomic E-state index is 0.423. The van der Waals surface area contributed by atoms with Gasteiger partial charge < -0.3 is 10.6 Å². The van der Waals surface area contributed by atoms with Crippen LogP contribution in [-0.4, -0.2) is 36.2 Å². The lowest BCUT2D eigenvalue weighted by Gasteiger charge is -2.05. The lowest BCUT2D eigenvalue weighted by Crippen LogP contribution is -2.30. The summed E-state index contributed by atoms with van der Waals surface area (Å²) in [5, 5.41) is 14.7. The van der Waals surface area contributed by atoms with Gasteiger partial charge in [0.1, 0.15) is 5.71 Å². The van der Waals surface area contributed by atoms with Gasteiger partial charge >= 0.3 is 0 Å². The number of hydrogen-bond acceptors (Lipinski definition) is 4. The monoisotopic (exact) mass is 322 g/mol. The van der Waals surface area contributed by atoms with Crippen molar-refractivity contribution in [1.29, 1.82) is 0 Å². The second-order valence-corrected chi connectivity index (χ2v) is 4.82. The van der Waals surface area contributed by atoms with E-state index in [0.717, 1.165) is 5.56 Å². The van der Waals surface area contributed by atoms with E-state index < -0.39 is 0 Å². The van der Waals surface area contributed by atoms with Gasteiger partial charge in [-0.25, -0.2) is 0 Å². The zero-order valence-electron chi connectivity index (χ0n) is 12.1. The van der Waals surface area contributed by atoms with E-state index in [1.54, 1.807) is 20.3 Å². The maximum atomic E-state index is 5.00. The number of hydrogen-bond donors (Lipinski definition) is 4. The highest BCUT2D eigenvalue weighted by Gasteiger charge is 2.01. The number of nitrogens with zero attached hydrogens (tertiary/aromatic N) is 2. The van der Waals surface area contributed by atoms with E-state index >= 15 is 0 Å². The highest BCUT2D eigenvalue weighted by Crippen LogP contribution is 2.03. The minimum Gasteiger partial charge on any atom is -0.364 e. The number of aryl methyl sites for hydroxylation is 1. The molecule has 0 aliphatic carbocycles. The fourth-order valence-corrected chi connectivity index (χ4v) is 1.37. The molecule has 1 rings (SSSR count). The summed E-state index contributed by atoms with van der Waals surface area (Å²) in [5.41, 5.74) is 8.12. The quantitative estimate of drug-likeness (QED) is 0.375. The molecule has 0 aromatic heterocycles. The molecular formula is C13H18N6S2. The molecule has 0 unspecified atom stereocenters. The average molecular weight is 322 g/mol. The second kappa shape index (κ2) is 8.98. The van der Waals surface area contributed by atoms with Gasteiger partial charge in [0, 0.05) is 19.7 Å². The first-order valence-corrected chi connectivity index (χ1v) is 7.01. The van der Waals surface area contributed by atoms with Crippen LogP contribution in [0, 0.1) is 6.92 Å². The van der Waals surface area contributed by atoms with E-state index in [-0.39, 0.29) is 0 Å². The summed E-state index contributed by atoms with van der Waals surface area (Å²) in [7, 11) is 3.43. The molecule has 0 fully saturated rings. The topological polar surface area (TPSA) is 72.8 Å². The van der Waals surface area contributed by atoms with Crippen molar-refractivity contribution in [1.82, 2.24) is 21.5 Å². The predicted octanol–water partition coefficient (Wildman–Crippen LogP) is 0.873. The second-order valence-electron chi connectivity index (χ2n) is 4.00. The maximum Gasteiger partial charge on any atom is 0.186 e. The van der Waals surface area contributed by atoms with Crippen LogP contribution in [-0.2, 0) is 0 Å². The summed E-state index contributed by atoms with van der Waals surface area (Å²) in [6, 6.07) is 7.92. The molecule has 21 heavy (non-hydrogen) atoms. The molecule has 8 heteroatoms. The SMILES string of the molecule is CNC(=S)N/N=C/C(=N/NC(=S)NC)c1ccc(C)cc1. The van der Waals surface area contributed by atoms with Crippen molar-refractivity contribution in [3.8, 4) is 0 Å². The Morgan fingerprint density at radius 2 is 1.57 bits per heavy atom. The third kappa shape index (κ3) is 6.28. The Morgan fingerprint density at radius 1 is 1.00 bits per heavy atom. The van der Waals surface area contributed by atoms with Gasteiger partial charge in [0.05, 0.1) is 6.21 Å². The Labute approximate surface area is 135 Å². The van der Waals surface area contributed by atoms with Crippen molar-refractivity contribution in [3.63, 3.8) is 0 Å². The Kier molecular flexibility index (Phi) is 7.27. The van der Waals surface area contributed by atoms with Gasteiger partial charge in [-0.05, 0) is 31.4 Å². The molecule has 0 spiro atoms. The van der Waals surface area contributed by atoms with Crippen LogP contribution in [0.3, 0.4) is 0 Å². The largest absolute Gasteiger partial charge is 0.364 e. The van der Waals surface area contributed by atoms with Gasteiger partial charge in [0.2, 0.25) is 0 Å². The van der Waals surface area contributed by atoms with Gasteiger partial charge in [-0.3, -0.25) is 10.9 Å². The molecular weight excluding hydrogens is 304 g/mol. The number of thiocarbonyl (C=S) groups is 2. The van der Waals surface area contributed by atoms with E-state index in [2.05, 4.69) is 31.7 Å². The lowest BCUT2D eigenvalue weighted by atomic mass is 10.1. The van der Waals surface area contributed by atoms with Crippen LogP contribution in [0.25, 0.3) is 0 Å². The average Bonchev–Trinajstić information content (AvgIpc) is 2.50. The van der Waals surface area contributed by atoms with Crippen molar-refractivity contribution >= 4 is 46.6 Å². The first-order chi connectivity index (χ1) is 10.1. The van der Waals surface area contributed by atoms with Crippen LogP contribution in [0.4, 0.5) is 0 Å². The molecule has 4 N–H and O–H groups in total. The van der Waals surface area contributed by atoms with Crippen LogP contribution in [0.5, 0.6) is 0 Å². The summed E-state index contributed by atoms with van der Waals surface area (Å²) in [4.78, 5) is 0. The maximum absolute atomic E-state index is 5.00. The van der Waals surface area contributed by atoms with Crippen LogP contribution in [0.15, 0.2) is 34.5 Å². The van der Waals surface area contributed by atoms with Crippen LogP contribution >= 0.6 is 24.4 Å². The van der Waals surface area contributed by atoms with E-state index in [1.165, 1.54) is 5.56 Å². The molecule has 1 aromatic rings. The van der Waals surface area contributed by atoms with Crippen molar-refractivity contribution in [3.05, 3.63) is 35.4 Å². The first-order valence-electron chi connectivity index (χ1n) is 6.20. The molecule has 0 saturated heterocycles. The smallest absolute Gasteiger partial charge is 0.186 e. The van der Waals surface area contributed by atoms with Crippen molar-refractivity contribution in [2.75, 3.05) is 14.1 Å². The predicted molar refractivity (Wildman–Crippen MR) is 95.8 cm³/mol. The summed E-state index contributed by atoms with van der Waals surface area (Å²) in [6.07, 6.45) is 1.57. The summed E-state index contributed by atoms with van der Waals surface area (Å²) < 4.78 is 0. The van der Waals surface area contributed by atoms with Gasteiger partial charge in [0.15, 0.2) is 10.2 Å². The molecule has 0 atom stereocenters. The molecule has 0 saturated carbocycles. The number of hydrazone groups is 2. The van der Waals surface area contributed by atoms with Crippen LogP contribution in [0.2, 0.25) is 0 Å². The van der Waals surface area contributed by atoms with Gasteiger partial charge in [-0.2, -0.15) is 10.2 Å². The van der Waals surface area contributed by atoms with Gasteiger partial charge in [-0.15, -0.1) is 0 Å². The molecule has 1 aromatic carbocycles. The fourth-order valence-electron chi connectivity index (χ4n) is 1.27. The Morgan fingerprint density at radius 3 is 2.14 bits per heavy atom. The zero-order valence-corrected chi connectivity index (χ0v) is 13.7. The summed E-state index contributed by atoms with van der Waals surface area (Å²) in [6.45, 7) is 2.02. The summed E-state index contributed by atoms with van der Waals surface area (Å²) >= 11 is 9.94. The number of rotatable bonds is 4. The molecule has 0 amide bonds. The highest BCUT2D eigenvalue weighted by molar-refractivity contribution is 7.80. The molecule has 0 radical (unpaired) electrons.